The van der Waals surface area contributed by atoms with Gasteiger partial charge in [-0.05, 0) is 30.7 Å². The molecule has 0 saturated carbocycles. The van der Waals surface area contributed by atoms with Crippen LogP contribution in [-0.4, -0.2) is 33.7 Å². The van der Waals surface area contributed by atoms with E-state index in [1.807, 2.05) is 6.92 Å². The first-order valence-electron chi connectivity index (χ1n) is 7.21. The van der Waals surface area contributed by atoms with Gasteiger partial charge in [0.1, 0.15) is 0 Å². The highest BCUT2D eigenvalue weighted by atomic mass is 16.2. The summed E-state index contributed by atoms with van der Waals surface area (Å²) in [6.45, 7) is 1.86. The maximum Gasteiger partial charge on any atom is 0.271 e. The van der Waals surface area contributed by atoms with E-state index in [0.717, 1.165) is 0 Å². The number of hydrogen-bond acceptors (Lipinski definition) is 6. The first-order valence-corrected chi connectivity index (χ1v) is 7.21. The summed E-state index contributed by atoms with van der Waals surface area (Å²) in [5, 5.41) is 7.81. The van der Waals surface area contributed by atoms with E-state index in [2.05, 4.69) is 31.0 Å². The third-order valence-electron chi connectivity index (χ3n) is 2.93. The minimum absolute atomic E-state index is 0.349. The topological polar surface area (TPSA) is 109 Å². The highest BCUT2D eigenvalue weighted by molar-refractivity contribution is 6.30. The molecule has 0 fully saturated rings. The van der Waals surface area contributed by atoms with E-state index < -0.39 is 0 Å². The number of aromatic nitrogens is 2. The van der Waals surface area contributed by atoms with Crippen molar-refractivity contribution in [2.75, 3.05) is 0 Å². The van der Waals surface area contributed by atoms with Crippen molar-refractivity contribution in [2.45, 2.75) is 13.3 Å². The number of pyridine rings is 2. The fraction of sp³-hybridized carbons (Fsp3) is 0.125. The Morgan fingerprint density at radius 2 is 1.46 bits per heavy atom. The molecule has 8 heteroatoms. The fourth-order valence-corrected chi connectivity index (χ4v) is 1.62. The Balaban J connectivity index is 1.91. The first-order chi connectivity index (χ1) is 11.7. The number of nitrogens with zero attached hydrogens (tertiary/aromatic N) is 4. The van der Waals surface area contributed by atoms with Crippen LogP contribution in [0.5, 0.6) is 0 Å². The number of amides is 2. The van der Waals surface area contributed by atoms with E-state index in [1.165, 1.54) is 31.0 Å². The molecule has 0 spiro atoms. The van der Waals surface area contributed by atoms with E-state index >= 15 is 0 Å². The predicted molar refractivity (Wildman–Crippen MR) is 89.6 cm³/mol. The molecule has 0 saturated heterocycles. The Kier molecular flexibility index (Phi) is 6.27. The predicted octanol–water partition coefficient (Wildman–Crippen LogP) is 1.39. The van der Waals surface area contributed by atoms with Crippen molar-refractivity contribution >= 4 is 23.7 Å². The van der Waals surface area contributed by atoms with Gasteiger partial charge < -0.3 is 0 Å². The van der Waals surface area contributed by atoms with Crippen LogP contribution in [0.15, 0.2) is 59.3 Å². The van der Waals surface area contributed by atoms with E-state index in [4.69, 9.17) is 0 Å². The van der Waals surface area contributed by atoms with Crippen molar-refractivity contribution in [1.82, 2.24) is 20.8 Å². The van der Waals surface area contributed by atoms with Crippen molar-refractivity contribution < 1.29 is 9.59 Å². The van der Waals surface area contributed by atoms with Crippen molar-refractivity contribution in [1.29, 1.82) is 0 Å². The van der Waals surface area contributed by atoms with Crippen molar-refractivity contribution in [3.8, 4) is 0 Å². The molecule has 2 N–H and O–H groups in total. The number of carbonyl (C=O) groups excluding carboxylic acids is 2. The van der Waals surface area contributed by atoms with Crippen LogP contribution >= 0.6 is 0 Å². The maximum atomic E-state index is 11.9. The van der Waals surface area contributed by atoms with Crippen molar-refractivity contribution in [2.24, 2.45) is 10.2 Å². The summed E-state index contributed by atoms with van der Waals surface area (Å²) in [5.74, 6) is -0.706. The molecule has 0 bridgehead atoms. The molecule has 2 aromatic heterocycles. The Bertz CT molecular complexity index is 744. The molecule has 0 aromatic carbocycles. The van der Waals surface area contributed by atoms with Gasteiger partial charge >= 0.3 is 0 Å². The quantitative estimate of drug-likeness (QED) is 0.618. The zero-order chi connectivity index (χ0) is 17.2. The Morgan fingerprint density at radius 1 is 0.958 bits per heavy atom. The summed E-state index contributed by atoms with van der Waals surface area (Å²) < 4.78 is 0. The second-order valence-electron chi connectivity index (χ2n) is 4.57. The Hall–Kier alpha value is -3.42. The fourth-order valence-electron chi connectivity index (χ4n) is 1.62. The summed E-state index contributed by atoms with van der Waals surface area (Å²) in [6.07, 6.45) is 8.00. The molecule has 122 valence electrons. The SMILES string of the molecule is CCC(/C=N\NC(=O)c1ccncc1)=N\NC(=O)c1ccncc1. The molecule has 0 aliphatic rings. The minimum Gasteiger partial charge on any atom is -0.267 e. The van der Waals surface area contributed by atoms with Crippen LogP contribution in [-0.2, 0) is 0 Å². The van der Waals surface area contributed by atoms with Gasteiger partial charge in [-0.3, -0.25) is 19.6 Å². The number of hydrazone groups is 2. The molecule has 2 heterocycles. The summed E-state index contributed by atoms with van der Waals surface area (Å²) in [4.78, 5) is 31.3. The number of carbonyl (C=O) groups is 2. The van der Waals surface area contributed by atoms with Gasteiger partial charge in [-0.15, -0.1) is 0 Å². The highest BCUT2D eigenvalue weighted by Gasteiger charge is 2.04. The van der Waals surface area contributed by atoms with Gasteiger partial charge in [-0.25, -0.2) is 10.9 Å². The van der Waals surface area contributed by atoms with Crippen LogP contribution in [0.3, 0.4) is 0 Å². The molecule has 0 atom stereocenters. The van der Waals surface area contributed by atoms with Crippen LogP contribution in [0.2, 0.25) is 0 Å². The van der Waals surface area contributed by atoms with Crippen LogP contribution in [0.1, 0.15) is 34.1 Å². The second kappa shape index (κ2) is 8.89. The van der Waals surface area contributed by atoms with Crippen LogP contribution < -0.4 is 10.9 Å². The third-order valence-corrected chi connectivity index (χ3v) is 2.93. The maximum absolute atomic E-state index is 11.9. The van der Waals surface area contributed by atoms with Gasteiger partial charge in [0, 0.05) is 35.9 Å². The van der Waals surface area contributed by atoms with Crippen LogP contribution in [0.4, 0.5) is 0 Å². The number of hydrogen-bond donors (Lipinski definition) is 2. The number of nitrogens with one attached hydrogen (secondary N) is 2. The second-order valence-corrected chi connectivity index (χ2v) is 4.57. The van der Waals surface area contributed by atoms with E-state index in [9.17, 15) is 9.59 Å². The highest BCUT2D eigenvalue weighted by Crippen LogP contribution is 1.96. The monoisotopic (exact) mass is 324 g/mol. The summed E-state index contributed by atoms with van der Waals surface area (Å²) in [6, 6.07) is 6.32. The smallest absolute Gasteiger partial charge is 0.267 e. The van der Waals surface area contributed by atoms with Crippen molar-refractivity contribution in [3.63, 3.8) is 0 Å². The van der Waals surface area contributed by atoms with E-state index in [1.54, 1.807) is 24.3 Å². The zero-order valence-corrected chi connectivity index (χ0v) is 13.0. The summed E-state index contributed by atoms with van der Waals surface area (Å²) in [5.41, 5.74) is 6.22. The molecule has 2 amide bonds. The average Bonchev–Trinajstić information content (AvgIpc) is 2.65. The van der Waals surface area contributed by atoms with E-state index in [0.29, 0.717) is 23.3 Å². The Labute approximate surface area is 138 Å². The average molecular weight is 324 g/mol. The standard InChI is InChI=1S/C16H16N6O2/c1-2-14(20-22-16(24)13-5-9-18-10-6-13)11-19-21-15(23)12-3-7-17-8-4-12/h3-11H,2H2,1H3,(H,21,23)(H,22,24)/b19-11-,20-14+. The molecule has 0 unspecified atom stereocenters. The molecular formula is C16H16N6O2. The van der Waals surface area contributed by atoms with Gasteiger partial charge in [0.2, 0.25) is 0 Å². The molecule has 24 heavy (non-hydrogen) atoms. The zero-order valence-electron chi connectivity index (χ0n) is 13.0. The molecule has 2 aromatic rings. The molecule has 0 aliphatic heterocycles. The minimum atomic E-state index is -0.357. The Morgan fingerprint density at radius 3 is 1.96 bits per heavy atom. The lowest BCUT2D eigenvalue weighted by Crippen LogP contribution is -2.21. The molecule has 8 nitrogen and oxygen atoms in total. The number of rotatable bonds is 6. The van der Waals surface area contributed by atoms with Gasteiger partial charge in [0.25, 0.3) is 11.8 Å². The molecule has 2 rings (SSSR count). The van der Waals surface area contributed by atoms with Crippen LogP contribution in [0.25, 0.3) is 0 Å². The van der Waals surface area contributed by atoms with Crippen molar-refractivity contribution in [3.05, 3.63) is 60.2 Å². The van der Waals surface area contributed by atoms with Gasteiger partial charge in [-0.1, -0.05) is 6.92 Å². The van der Waals surface area contributed by atoms with E-state index in [-0.39, 0.29) is 11.8 Å². The lowest BCUT2D eigenvalue weighted by atomic mass is 10.2. The van der Waals surface area contributed by atoms with Gasteiger partial charge in [0.15, 0.2) is 0 Å². The summed E-state index contributed by atoms with van der Waals surface area (Å²) >= 11 is 0. The third kappa shape index (κ3) is 5.09. The largest absolute Gasteiger partial charge is 0.271 e. The molecule has 0 aliphatic carbocycles. The molecule has 0 radical (unpaired) electrons. The first kappa shape index (κ1) is 16.9. The van der Waals surface area contributed by atoms with Gasteiger partial charge in [-0.2, -0.15) is 10.2 Å². The molecular weight excluding hydrogens is 308 g/mol. The normalized spacial score (nSPS) is 11.3. The lowest BCUT2D eigenvalue weighted by Gasteiger charge is -2.01. The van der Waals surface area contributed by atoms with Crippen LogP contribution in [0, 0.1) is 0 Å². The van der Waals surface area contributed by atoms with Gasteiger partial charge in [0.05, 0.1) is 11.9 Å². The lowest BCUT2D eigenvalue weighted by molar-refractivity contribution is 0.0946. The summed E-state index contributed by atoms with van der Waals surface area (Å²) in [7, 11) is 0.